The number of nitro groups is 1. The molecule has 0 spiro atoms. The van der Waals surface area contributed by atoms with E-state index in [-0.39, 0.29) is 13.0 Å². The predicted octanol–water partition coefficient (Wildman–Crippen LogP) is 0.783. The molecule has 0 aliphatic carbocycles. The quantitative estimate of drug-likeness (QED) is 0.595. The van der Waals surface area contributed by atoms with Gasteiger partial charge in [0.2, 0.25) is 10.0 Å². The first-order valence-corrected chi connectivity index (χ1v) is 6.84. The molecular weight excluding hydrogens is 279 g/mol. The lowest BCUT2D eigenvalue weighted by Gasteiger charge is -2.08. The summed E-state index contributed by atoms with van der Waals surface area (Å²) in [6, 6.07) is 2.21. The molecule has 1 unspecified atom stereocenters. The van der Waals surface area contributed by atoms with Crippen LogP contribution in [0.2, 0.25) is 0 Å². The Bertz CT molecular complexity index is 573. The lowest BCUT2D eigenvalue weighted by Crippen LogP contribution is -2.27. The van der Waals surface area contributed by atoms with Crippen molar-refractivity contribution in [3.63, 3.8) is 0 Å². The van der Waals surface area contributed by atoms with Crippen LogP contribution < -0.4 is 4.72 Å². The summed E-state index contributed by atoms with van der Waals surface area (Å²) in [5.74, 6) is -0.894. The average molecular weight is 292 g/mol. The van der Waals surface area contributed by atoms with Gasteiger partial charge in [-0.2, -0.15) is 0 Å². The van der Waals surface area contributed by atoms with Crippen LogP contribution in [0.4, 0.5) is 10.1 Å². The highest BCUT2D eigenvalue weighted by Gasteiger charge is 2.26. The van der Waals surface area contributed by atoms with E-state index in [1.165, 1.54) is 6.92 Å². The molecule has 0 radical (unpaired) electrons. The Balaban J connectivity index is 3.04. The van der Waals surface area contributed by atoms with Gasteiger partial charge in [-0.25, -0.2) is 17.5 Å². The lowest BCUT2D eigenvalue weighted by atomic mass is 10.3. The van der Waals surface area contributed by atoms with Gasteiger partial charge in [-0.3, -0.25) is 10.1 Å². The Kier molecular flexibility index (Phi) is 4.92. The molecule has 0 aliphatic rings. The van der Waals surface area contributed by atoms with E-state index in [9.17, 15) is 22.9 Å². The average Bonchev–Trinajstić information content (AvgIpc) is 2.27. The highest BCUT2D eigenvalue weighted by molar-refractivity contribution is 7.89. The SMILES string of the molecule is CC(O)CCNS(=O)(=O)c1ccc(F)cc1[N+](=O)[O-]. The second kappa shape index (κ2) is 6.04. The standard InChI is InChI=1S/C10H13FN2O5S/c1-7(14)4-5-12-19(17,18)10-3-2-8(11)6-9(10)13(15)16/h2-3,6-7,12,14H,4-5H2,1H3. The van der Waals surface area contributed by atoms with Crippen molar-refractivity contribution >= 4 is 15.7 Å². The molecule has 2 N–H and O–H groups in total. The van der Waals surface area contributed by atoms with E-state index >= 15 is 0 Å². The maximum Gasteiger partial charge on any atom is 0.292 e. The lowest BCUT2D eigenvalue weighted by molar-refractivity contribution is -0.388. The van der Waals surface area contributed by atoms with Gasteiger partial charge in [0.1, 0.15) is 5.82 Å². The van der Waals surface area contributed by atoms with Crippen LogP contribution in [0, 0.1) is 15.9 Å². The molecule has 19 heavy (non-hydrogen) atoms. The third kappa shape index (κ3) is 4.23. The zero-order chi connectivity index (χ0) is 14.6. The molecule has 9 heteroatoms. The third-order valence-electron chi connectivity index (χ3n) is 2.26. The number of sulfonamides is 1. The number of hydrogen-bond donors (Lipinski definition) is 2. The summed E-state index contributed by atoms with van der Waals surface area (Å²) in [6.07, 6.45) is -0.542. The van der Waals surface area contributed by atoms with Crippen molar-refractivity contribution in [1.82, 2.24) is 4.72 Å². The molecule has 1 atom stereocenters. The van der Waals surface area contributed by atoms with Gasteiger partial charge in [-0.1, -0.05) is 0 Å². The third-order valence-corrected chi connectivity index (χ3v) is 3.77. The first-order chi connectivity index (χ1) is 8.74. The van der Waals surface area contributed by atoms with Gasteiger partial charge in [0.15, 0.2) is 4.90 Å². The van der Waals surface area contributed by atoms with Crippen LogP contribution >= 0.6 is 0 Å². The first-order valence-electron chi connectivity index (χ1n) is 5.35. The minimum Gasteiger partial charge on any atom is -0.393 e. The van der Waals surface area contributed by atoms with E-state index in [0.717, 1.165) is 12.1 Å². The second-order valence-electron chi connectivity index (χ2n) is 3.90. The van der Waals surface area contributed by atoms with Crippen molar-refractivity contribution in [2.45, 2.75) is 24.3 Å². The smallest absolute Gasteiger partial charge is 0.292 e. The van der Waals surface area contributed by atoms with Crippen LogP contribution in [0.1, 0.15) is 13.3 Å². The molecule has 0 heterocycles. The molecule has 106 valence electrons. The van der Waals surface area contributed by atoms with Crippen LogP contribution in [0.25, 0.3) is 0 Å². The van der Waals surface area contributed by atoms with Crippen LogP contribution in [0.3, 0.4) is 0 Å². The van der Waals surface area contributed by atoms with Crippen molar-refractivity contribution in [3.8, 4) is 0 Å². The second-order valence-corrected chi connectivity index (χ2v) is 5.64. The van der Waals surface area contributed by atoms with E-state index in [4.69, 9.17) is 5.11 Å². The number of aliphatic hydroxyl groups is 1. The van der Waals surface area contributed by atoms with E-state index in [2.05, 4.69) is 4.72 Å². The minimum atomic E-state index is -4.12. The monoisotopic (exact) mass is 292 g/mol. The number of halogens is 1. The minimum absolute atomic E-state index is 0.0749. The van der Waals surface area contributed by atoms with Crippen molar-refractivity contribution in [1.29, 1.82) is 0 Å². The Morgan fingerprint density at radius 1 is 1.53 bits per heavy atom. The summed E-state index contributed by atoms with van der Waals surface area (Å²) in [4.78, 5) is 9.14. The summed E-state index contributed by atoms with van der Waals surface area (Å²) in [6.45, 7) is 1.41. The number of hydrogen-bond acceptors (Lipinski definition) is 5. The van der Waals surface area contributed by atoms with E-state index < -0.39 is 37.5 Å². The number of aliphatic hydroxyl groups excluding tert-OH is 1. The Morgan fingerprint density at radius 3 is 2.68 bits per heavy atom. The van der Waals surface area contributed by atoms with E-state index in [0.29, 0.717) is 6.07 Å². The maximum absolute atomic E-state index is 12.9. The number of rotatable bonds is 6. The summed E-state index contributed by atoms with van der Waals surface area (Å²) in [5, 5.41) is 19.7. The molecule has 0 bridgehead atoms. The topological polar surface area (TPSA) is 110 Å². The molecule has 0 aromatic heterocycles. The first kappa shape index (κ1) is 15.5. The van der Waals surface area contributed by atoms with Crippen molar-refractivity contribution in [3.05, 3.63) is 34.1 Å². The van der Waals surface area contributed by atoms with Gasteiger partial charge in [-0.05, 0) is 25.5 Å². The maximum atomic E-state index is 12.9. The van der Waals surface area contributed by atoms with Crippen LogP contribution in [0.15, 0.2) is 23.1 Å². The summed E-state index contributed by atoms with van der Waals surface area (Å²) >= 11 is 0. The fourth-order valence-corrected chi connectivity index (χ4v) is 2.54. The number of nitro benzene ring substituents is 1. The van der Waals surface area contributed by atoms with Gasteiger partial charge >= 0.3 is 0 Å². The summed E-state index contributed by atoms with van der Waals surface area (Å²) < 4.78 is 38.7. The highest BCUT2D eigenvalue weighted by atomic mass is 32.2. The molecule has 1 aromatic carbocycles. The molecule has 1 aromatic rings. The van der Waals surface area contributed by atoms with Crippen molar-refractivity contribution in [2.75, 3.05) is 6.54 Å². The molecule has 0 aliphatic heterocycles. The van der Waals surface area contributed by atoms with Crippen LogP contribution in [0.5, 0.6) is 0 Å². The summed E-state index contributed by atoms with van der Waals surface area (Å²) in [7, 11) is -4.12. The Morgan fingerprint density at radius 2 is 2.16 bits per heavy atom. The molecule has 7 nitrogen and oxygen atoms in total. The zero-order valence-corrected chi connectivity index (χ0v) is 10.9. The molecule has 0 fully saturated rings. The molecular formula is C10H13FN2O5S. The van der Waals surface area contributed by atoms with Gasteiger partial charge in [0.25, 0.3) is 5.69 Å². The van der Waals surface area contributed by atoms with E-state index in [1.54, 1.807) is 0 Å². The van der Waals surface area contributed by atoms with Gasteiger partial charge in [0, 0.05) is 6.54 Å². The largest absolute Gasteiger partial charge is 0.393 e. The fourth-order valence-electron chi connectivity index (χ4n) is 1.34. The Hall–Kier alpha value is -1.58. The van der Waals surface area contributed by atoms with Crippen LogP contribution in [-0.2, 0) is 10.0 Å². The molecule has 1 rings (SSSR count). The molecule has 0 amide bonds. The van der Waals surface area contributed by atoms with Crippen LogP contribution in [-0.4, -0.2) is 31.1 Å². The molecule has 0 saturated carbocycles. The number of nitrogens with zero attached hydrogens (tertiary/aromatic N) is 1. The number of benzene rings is 1. The predicted molar refractivity (Wildman–Crippen MR) is 64.5 cm³/mol. The normalized spacial score (nSPS) is 13.2. The number of nitrogens with one attached hydrogen (secondary N) is 1. The van der Waals surface area contributed by atoms with Crippen molar-refractivity contribution in [2.24, 2.45) is 0 Å². The Labute approximate surface area is 109 Å². The summed E-state index contributed by atoms with van der Waals surface area (Å²) in [5.41, 5.74) is -0.829. The van der Waals surface area contributed by atoms with Gasteiger partial charge < -0.3 is 5.11 Å². The highest BCUT2D eigenvalue weighted by Crippen LogP contribution is 2.24. The fraction of sp³-hybridized carbons (Fsp3) is 0.400. The van der Waals surface area contributed by atoms with Crippen molar-refractivity contribution < 1.29 is 22.8 Å². The van der Waals surface area contributed by atoms with E-state index in [1.807, 2.05) is 0 Å². The van der Waals surface area contributed by atoms with Gasteiger partial charge in [0.05, 0.1) is 17.1 Å². The van der Waals surface area contributed by atoms with Gasteiger partial charge in [-0.15, -0.1) is 0 Å². The molecule has 0 saturated heterocycles. The zero-order valence-electron chi connectivity index (χ0n) is 10.0.